The fourth-order valence-electron chi connectivity index (χ4n) is 3.69. The number of benzene rings is 2. The SMILES string of the molecule is O=C(c1c[nH]c2ccccc12)[C@@H](O)[C@H](c1ccc(Cl)cc1)N1CCOCC1. The number of aliphatic hydroxyl groups is 1. The zero-order valence-electron chi connectivity index (χ0n) is 14.8. The maximum Gasteiger partial charge on any atom is 0.195 e. The predicted octanol–water partition coefficient (Wildman–Crippen LogP) is 3.44. The average molecular weight is 385 g/mol. The molecule has 4 rings (SSSR count). The van der Waals surface area contributed by atoms with Gasteiger partial charge in [-0.2, -0.15) is 0 Å². The van der Waals surface area contributed by atoms with E-state index in [2.05, 4.69) is 9.88 Å². The number of aliphatic hydroxyl groups excluding tert-OH is 1. The highest BCUT2D eigenvalue weighted by atomic mass is 35.5. The fraction of sp³-hybridized carbons (Fsp3) is 0.286. The van der Waals surface area contributed by atoms with Gasteiger partial charge in [0.05, 0.1) is 19.3 Å². The molecule has 6 heteroatoms. The predicted molar refractivity (Wildman–Crippen MR) is 105 cm³/mol. The lowest BCUT2D eigenvalue weighted by atomic mass is 9.93. The minimum atomic E-state index is -1.19. The van der Waals surface area contributed by atoms with Gasteiger partial charge in [-0.25, -0.2) is 0 Å². The molecule has 2 heterocycles. The number of para-hydroxylation sites is 1. The van der Waals surface area contributed by atoms with Crippen LogP contribution in [-0.4, -0.2) is 53.2 Å². The van der Waals surface area contributed by atoms with E-state index in [0.29, 0.717) is 36.9 Å². The number of H-pyrrole nitrogens is 1. The molecule has 2 aromatic carbocycles. The number of halogens is 1. The molecular weight excluding hydrogens is 364 g/mol. The normalized spacial score (nSPS) is 17.7. The molecule has 0 amide bonds. The molecule has 5 nitrogen and oxygen atoms in total. The summed E-state index contributed by atoms with van der Waals surface area (Å²) in [6.07, 6.45) is 0.484. The molecule has 1 saturated heterocycles. The summed E-state index contributed by atoms with van der Waals surface area (Å²) in [6.45, 7) is 2.48. The van der Waals surface area contributed by atoms with Crippen molar-refractivity contribution < 1.29 is 14.6 Å². The van der Waals surface area contributed by atoms with Crippen molar-refractivity contribution >= 4 is 28.3 Å². The van der Waals surface area contributed by atoms with Crippen molar-refractivity contribution in [2.45, 2.75) is 12.1 Å². The van der Waals surface area contributed by atoms with Crippen LogP contribution in [0.25, 0.3) is 10.9 Å². The van der Waals surface area contributed by atoms with Gasteiger partial charge in [-0.05, 0) is 23.8 Å². The monoisotopic (exact) mass is 384 g/mol. The van der Waals surface area contributed by atoms with Gasteiger partial charge in [-0.1, -0.05) is 41.9 Å². The van der Waals surface area contributed by atoms with Crippen molar-refractivity contribution in [3.05, 3.63) is 70.9 Å². The summed E-state index contributed by atoms with van der Waals surface area (Å²) in [4.78, 5) is 18.4. The number of hydrogen-bond donors (Lipinski definition) is 2. The first-order valence-corrected chi connectivity index (χ1v) is 9.38. The Labute approximate surface area is 162 Å². The van der Waals surface area contributed by atoms with E-state index in [-0.39, 0.29) is 5.78 Å². The first-order valence-electron chi connectivity index (χ1n) is 9.01. The van der Waals surface area contributed by atoms with Crippen LogP contribution in [0.2, 0.25) is 5.02 Å². The molecule has 2 N–H and O–H groups in total. The van der Waals surface area contributed by atoms with E-state index in [4.69, 9.17) is 16.3 Å². The topological polar surface area (TPSA) is 65.6 Å². The van der Waals surface area contributed by atoms with Crippen LogP contribution in [-0.2, 0) is 4.74 Å². The van der Waals surface area contributed by atoms with Crippen LogP contribution in [0.15, 0.2) is 54.7 Å². The maximum atomic E-state index is 13.2. The molecule has 2 atom stereocenters. The van der Waals surface area contributed by atoms with Crippen LogP contribution in [0, 0.1) is 0 Å². The second-order valence-electron chi connectivity index (χ2n) is 6.70. The zero-order valence-corrected chi connectivity index (χ0v) is 15.5. The van der Waals surface area contributed by atoms with Gasteiger partial charge in [0.1, 0.15) is 6.10 Å². The Balaban J connectivity index is 1.69. The summed E-state index contributed by atoms with van der Waals surface area (Å²) < 4.78 is 5.44. The highest BCUT2D eigenvalue weighted by Gasteiger charge is 2.34. The van der Waals surface area contributed by atoms with Gasteiger partial charge in [0.2, 0.25) is 0 Å². The Bertz CT molecular complexity index is 932. The van der Waals surface area contributed by atoms with E-state index in [9.17, 15) is 9.90 Å². The molecule has 0 aliphatic carbocycles. The molecule has 1 aliphatic rings. The number of carbonyl (C=O) groups excluding carboxylic acids is 1. The van der Waals surface area contributed by atoms with Crippen LogP contribution in [0.5, 0.6) is 0 Å². The van der Waals surface area contributed by atoms with Gasteiger partial charge in [0.25, 0.3) is 0 Å². The second kappa shape index (κ2) is 7.82. The van der Waals surface area contributed by atoms with Crippen molar-refractivity contribution in [3.63, 3.8) is 0 Å². The number of nitrogens with zero attached hydrogens (tertiary/aromatic N) is 1. The number of ketones is 1. The first-order chi connectivity index (χ1) is 13.1. The van der Waals surface area contributed by atoms with E-state index in [1.54, 1.807) is 18.3 Å². The van der Waals surface area contributed by atoms with Crippen LogP contribution >= 0.6 is 11.6 Å². The number of aromatic amines is 1. The number of hydrogen-bond acceptors (Lipinski definition) is 4. The highest BCUT2D eigenvalue weighted by Crippen LogP contribution is 2.30. The number of fused-ring (bicyclic) bond motifs is 1. The van der Waals surface area contributed by atoms with Gasteiger partial charge in [-0.15, -0.1) is 0 Å². The maximum absolute atomic E-state index is 13.2. The van der Waals surface area contributed by atoms with Crippen LogP contribution in [0.4, 0.5) is 0 Å². The van der Waals surface area contributed by atoms with E-state index in [1.165, 1.54) is 0 Å². The molecular formula is C21H21ClN2O3. The van der Waals surface area contributed by atoms with Crippen molar-refractivity contribution in [2.24, 2.45) is 0 Å². The Morgan fingerprint density at radius 1 is 1.11 bits per heavy atom. The molecule has 140 valence electrons. The summed E-state index contributed by atoms with van der Waals surface area (Å²) in [5, 5.41) is 12.5. The molecule has 1 aromatic heterocycles. The minimum Gasteiger partial charge on any atom is -0.383 e. The zero-order chi connectivity index (χ0) is 18.8. The van der Waals surface area contributed by atoms with Crippen molar-refractivity contribution in [1.82, 2.24) is 9.88 Å². The smallest absolute Gasteiger partial charge is 0.195 e. The van der Waals surface area contributed by atoms with E-state index in [1.807, 2.05) is 36.4 Å². The summed E-state index contributed by atoms with van der Waals surface area (Å²) >= 11 is 6.02. The lowest BCUT2D eigenvalue weighted by Gasteiger charge is -2.37. The first kappa shape index (κ1) is 18.2. The third kappa shape index (κ3) is 3.64. The molecule has 0 unspecified atom stereocenters. The van der Waals surface area contributed by atoms with Crippen LogP contribution in [0.1, 0.15) is 22.0 Å². The minimum absolute atomic E-state index is 0.293. The Hall–Kier alpha value is -2.18. The summed E-state index contributed by atoms with van der Waals surface area (Å²) in [7, 11) is 0. The summed E-state index contributed by atoms with van der Waals surface area (Å²) in [5.74, 6) is -0.293. The van der Waals surface area contributed by atoms with Gasteiger partial charge < -0.3 is 14.8 Å². The molecule has 0 spiro atoms. The standard InChI is InChI=1S/C21H21ClN2O3/c22-15-7-5-14(6-8-15)19(24-9-11-27-12-10-24)21(26)20(25)17-13-23-18-4-2-1-3-16(17)18/h1-8,13,19,21,23,26H,9-12H2/t19-,21-/m0/s1. The number of nitrogens with one attached hydrogen (secondary N) is 1. The lowest BCUT2D eigenvalue weighted by Crippen LogP contribution is -2.46. The van der Waals surface area contributed by atoms with E-state index < -0.39 is 12.1 Å². The number of rotatable bonds is 5. The third-order valence-electron chi connectivity index (χ3n) is 5.07. The van der Waals surface area contributed by atoms with Crippen LogP contribution < -0.4 is 0 Å². The largest absolute Gasteiger partial charge is 0.383 e. The van der Waals surface area contributed by atoms with Gasteiger partial charge in [-0.3, -0.25) is 9.69 Å². The Morgan fingerprint density at radius 2 is 1.81 bits per heavy atom. The summed E-state index contributed by atoms with van der Waals surface area (Å²) in [6, 6.07) is 14.5. The average Bonchev–Trinajstić information content (AvgIpc) is 3.14. The molecule has 1 aliphatic heterocycles. The van der Waals surface area contributed by atoms with Gasteiger partial charge in [0.15, 0.2) is 5.78 Å². The van der Waals surface area contributed by atoms with E-state index >= 15 is 0 Å². The molecule has 0 radical (unpaired) electrons. The second-order valence-corrected chi connectivity index (χ2v) is 7.14. The Morgan fingerprint density at radius 3 is 2.56 bits per heavy atom. The number of morpholine rings is 1. The fourth-order valence-corrected chi connectivity index (χ4v) is 3.81. The van der Waals surface area contributed by atoms with Crippen molar-refractivity contribution in [2.75, 3.05) is 26.3 Å². The Kier molecular flexibility index (Phi) is 5.27. The molecule has 0 saturated carbocycles. The number of Topliss-reactive ketones (excluding diaryl/α,β-unsaturated/α-hetero) is 1. The third-order valence-corrected chi connectivity index (χ3v) is 5.32. The highest BCUT2D eigenvalue weighted by molar-refractivity contribution is 6.30. The van der Waals surface area contributed by atoms with E-state index in [0.717, 1.165) is 16.5 Å². The number of carbonyl (C=O) groups is 1. The molecule has 0 bridgehead atoms. The molecule has 3 aromatic rings. The van der Waals surface area contributed by atoms with Crippen molar-refractivity contribution in [1.29, 1.82) is 0 Å². The molecule has 27 heavy (non-hydrogen) atoms. The summed E-state index contributed by atoms with van der Waals surface area (Å²) in [5.41, 5.74) is 2.25. The van der Waals surface area contributed by atoms with Gasteiger partial charge >= 0.3 is 0 Å². The van der Waals surface area contributed by atoms with Gasteiger partial charge in [0, 0.05) is 40.8 Å². The van der Waals surface area contributed by atoms with Crippen LogP contribution in [0.3, 0.4) is 0 Å². The quantitative estimate of drug-likeness (QED) is 0.661. The number of aromatic nitrogens is 1. The van der Waals surface area contributed by atoms with Crippen molar-refractivity contribution in [3.8, 4) is 0 Å². The lowest BCUT2D eigenvalue weighted by molar-refractivity contribution is -0.0172. The molecule has 1 fully saturated rings. The number of ether oxygens (including phenoxy) is 1.